The van der Waals surface area contributed by atoms with Crippen LogP contribution >= 0.6 is 0 Å². The number of esters is 6. The van der Waals surface area contributed by atoms with Crippen LogP contribution in [0.5, 0.6) is 0 Å². The molecule has 1 rings (SSSR count). The van der Waals surface area contributed by atoms with Crippen LogP contribution in [0.4, 0.5) is 0 Å². The molecule has 0 aliphatic carbocycles. The highest BCUT2D eigenvalue weighted by Gasteiger charge is 2.63. The third-order valence-electron chi connectivity index (χ3n) is 4.94. The molecule has 1 aliphatic heterocycles. The van der Waals surface area contributed by atoms with Gasteiger partial charge in [0.25, 0.3) is 0 Å². The van der Waals surface area contributed by atoms with Crippen LogP contribution in [0.2, 0.25) is 0 Å². The van der Waals surface area contributed by atoms with Gasteiger partial charge in [-0.05, 0) is 0 Å². The van der Waals surface area contributed by atoms with E-state index in [1.165, 1.54) is 0 Å². The summed E-state index contributed by atoms with van der Waals surface area (Å²) in [5.41, 5.74) is -2.26. The molecule has 37 heavy (non-hydrogen) atoms. The lowest BCUT2D eigenvalue weighted by Gasteiger charge is -2.50. The summed E-state index contributed by atoms with van der Waals surface area (Å²) < 4.78 is 36.9. The lowest BCUT2D eigenvalue weighted by Crippen LogP contribution is -2.70. The fourth-order valence-corrected chi connectivity index (χ4v) is 3.80. The molecular formula is C22H31NO14. The van der Waals surface area contributed by atoms with Crippen LogP contribution in [0.3, 0.4) is 0 Å². The molecule has 0 spiro atoms. The Morgan fingerprint density at radius 3 is 1.89 bits per heavy atom. The van der Waals surface area contributed by atoms with Gasteiger partial charge in [-0.2, -0.15) is 0 Å². The van der Waals surface area contributed by atoms with Crippen LogP contribution in [-0.4, -0.2) is 91.7 Å². The first-order valence-electron chi connectivity index (χ1n) is 11.0. The lowest BCUT2D eigenvalue weighted by molar-refractivity contribution is -0.314. The van der Waals surface area contributed by atoms with Gasteiger partial charge in [-0.3, -0.25) is 28.8 Å². The molecule has 0 bridgehead atoms. The minimum atomic E-state index is -2.26. The van der Waals surface area contributed by atoms with Gasteiger partial charge in [0, 0.05) is 48.0 Å². The van der Waals surface area contributed by atoms with E-state index in [1.54, 1.807) is 0 Å². The smallest absolute Gasteiger partial charge is 0.331 e. The first-order chi connectivity index (χ1) is 17.1. The third-order valence-corrected chi connectivity index (χ3v) is 4.94. The van der Waals surface area contributed by atoms with Crippen LogP contribution < -0.4 is 5.32 Å². The molecule has 1 N–H and O–H groups in total. The molecule has 15 nitrogen and oxygen atoms in total. The summed E-state index contributed by atoms with van der Waals surface area (Å²) in [4.78, 5) is 84.3. The average Bonchev–Trinajstić information content (AvgIpc) is 2.74. The zero-order chi connectivity index (χ0) is 28.5. The van der Waals surface area contributed by atoms with Crippen molar-refractivity contribution in [3.05, 3.63) is 0 Å². The zero-order valence-corrected chi connectivity index (χ0v) is 21.5. The summed E-state index contributed by atoms with van der Waals surface area (Å²) in [7, 11) is 1.03. The van der Waals surface area contributed by atoms with Crippen molar-refractivity contribution < 1.29 is 66.7 Å². The predicted molar refractivity (Wildman–Crippen MR) is 117 cm³/mol. The van der Waals surface area contributed by atoms with Crippen molar-refractivity contribution in [1.82, 2.24) is 5.32 Å². The number of carbonyl (C=O) groups is 7. The van der Waals surface area contributed by atoms with Gasteiger partial charge in [0.1, 0.15) is 6.61 Å². The van der Waals surface area contributed by atoms with E-state index in [0.717, 1.165) is 48.7 Å². The average molecular weight is 533 g/mol. The predicted octanol–water partition coefficient (Wildman–Crippen LogP) is -0.929. The monoisotopic (exact) mass is 533 g/mol. The van der Waals surface area contributed by atoms with Gasteiger partial charge in [-0.1, -0.05) is 0 Å². The summed E-state index contributed by atoms with van der Waals surface area (Å²) >= 11 is 0. The molecule has 0 saturated carbocycles. The summed E-state index contributed by atoms with van der Waals surface area (Å²) in [5, 5.41) is 2.33. The first-order valence-corrected chi connectivity index (χ1v) is 11.0. The topological polar surface area (TPSA) is 196 Å². The fourth-order valence-electron chi connectivity index (χ4n) is 3.80. The maximum Gasteiger partial charge on any atom is 0.331 e. The SMILES string of the molecule is COC(=O)[C@H](NC(C)=O)[C@H]1C[C@@](OC(C)=O)([C@H](COC(C)=O)OC(C)=O)[C@@H](OC(C)=O)[C@@H](OC(C)=O)O1. The molecule has 0 radical (unpaired) electrons. The molecule has 1 aliphatic rings. The summed E-state index contributed by atoms with van der Waals surface area (Å²) in [6.45, 7) is 5.45. The lowest BCUT2D eigenvalue weighted by atomic mass is 9.79. The van der Waals surface area contributed by atoms with Gasteiger partial charge in [-0.25, -0.2) is 4.79 Å². The maximum atomic E-state index is 12.6. The van der Waals surface area contributed by atoms with Crippen molar-refractivity contribution >= 4 is 41.7 Å². The van der Waals surface area contributed by atoms with Gasteiger partial charge < -0.3 is 38.5 Å². The number of methoxy groups -OCH3 is 1. The fraction of sp³-hybridized carbons (Fsp3) is 0.682. The van der Waals surface area contributed by atoms with Crippen LogP contribution in [0.1, 0.15) is 48.0 Å². The van der Waals surface area contributed by atoms with Gasteiger partial charge in [0.15, 0.2) is 17.7 Å². The number of hydrogen-bond donors (Lipinski definition) is 1. The Kier molecular flexibility index (Phi) is 11.4. The molecule has 0 aromatic carbocycles. The second kappa shape index (κ2) is 13.5. The number of hydrogen-bond acceptors (Lipinski definition) is 14. The molecule has 1 saturated heterocycles. The second-order valence-electron chi connectivity index (χ2n) is 8.04. The van der Waals surface area contributed by atoms with Gasteiger partial charge in [0.2, 0.25) is 18.3 Å². The minimum absolute atomic E-state index is 0.596. The molecule has 1 amide bonds. The number of carbonyl (C=O) groups excluding carboxylic acids is 7. The van der Waals surface area contributed by atoms with E-state index in [-0.39, 0.29) is 0 Å². The van der Waals surface area contributed by atoms with Crippen LogP contribution in [0.25, 0.3) is 0 Å². The molecule has 1 heterocycles. The number of rotatable bonds is 10. The molecule has 0 unspecified atom stereocenters. The molecule has 208 valence electrons. The van der Waals surface area contributed by atoms with Crippen molar-refractivity contribution in [3.63, 3.8) is 0 Å². The number of amides is 1. The normalized spacial score (nSPS) is 24.4. The minimum Gasteiger partial charge on any atom is -0.467 e. The molecular weight excluding hydrogens is 502 g/mol. The Labute approximate surface area is 212 Å². The van der Waals surface area contributed by atoms with Gasteiger partial charge in [0.05, 0.1) is 13.2 Å². The molecule has 0 aromatic rings. The largest absolute Gasteiger partial charge is 0.467 e. The summed E-state index contributed by atoms with van der Waals surface area (Å²) in [6, 6.07) is -1.56. The van der Waals surface area contributed by atoms with Crippen molar-refractivity contribution in [2.75, 3.05) is 13.7 Å². The van der Waals surface area contributed by atoms with E-state index in [9.17, 15) is 33.6 Å². The summed E-state index contributed by atoms with van der Waals surface area (Å²) in [6.07, 6.45) is -7.37. The molecule has 15 heteroatoms. The molecule has 6 atom stereocenters. The Balaban J connectivity index is 3.91. The number of ether oxygens (including phenoxy) is 7. The third kappa shape index (κ3) is 9.00. The van der Waals surface area contributed by atoms with Crippen LogP contribution in [0, 0.1) is 0 Å². The Morgan fingerprint density at radius 2 is 1.46 bits per heavy atom. The van der Waals surface area contributed by atoms with E-state index < -0.39 is 91.0 Å². The van der Waals surface area contributed by atoms with E-state index in [4.69, 9.17) is 33.2 Å². The quantitative estimate of drug-likeness (QED) is 0.267. The summed E-state index contributed by atoms with van der Waals surface area (Å²) in [5.74, 6) is -6.24. The van der Waals surface area contributed by atoms with E-state index in [1.807, 2.05) is 0 Å². The highest BCUT2D eigenvalue weighted by molar-refractivity contribution is 5.83. The molecule has 0 aromatic heterocycles. The van der Waals surface area contributed by atoms with Crippen LogP contribution in [0.15, 0.2) is 0 Å². The number of nitrogens with one attached hydrogen (secondary N) is 1. The Bertz CT molecular complexity index is 917. The van der Waals surface area contributed by atoms with E-state index in [2.05, 4.69) is 5.32 Å². The molecule has 1 fully saturated rings. The highest BCUT2D eigenvalue weighted by Crippen LogP contribution is 2.41. The van der Waals surface area contributed by atoms with E-state index >= 15 is 0 Å². The zero-order valence-electron chi connectivity index (χ0n) is 21.5. The van der Waals surface area contributed by atoms with Crippen LogP contribution in [-0.2, 0) is 66.7 Å². The van der Waals surface area contributed by atoms with Gasteiger partial charge >= 0.3 is 35.8 Å². The van der Waals surface area contributed by atoms with Crippen molar-refractivity contribution in [2.45, 2.75) is 84.2 Å². The Morgan fingerprint density at radius 1 is 0.865 bits per heavy atom. The van der Waals surface area contributed by atoms with E-state index in [0.29, 0.717) is 0 Å². The highest BCUT2D eigenvalue weighted by atomic mass is 16.7. The second-order valence-corrected chi connectivity index (χ2v) is 8.04. The van der Waals surface area contributed by atoms with Crippen molar-refractivity contribution in [2.24, 2.45) is 0 Å². The van der Waals surface area contributed by atoms with Crippen molar-refractivity contribution in [3.8, 4) is 0 Å². The Hall–Kier alpha value is -3.75. The maximum absolute atomic E-state index is 12.6. The van der Waals surface area contributed by atoms with Gasteiger partial charge in [-0.15, -0.1) is 0 Å². The first kappa shape index (κ1) is 31.3. The van der Waals surface area contributed by atoms with Crippen molar-refractivity contribution in [1.29, 1.82) is 0 Å². The standard InChI is InChI=1S/C22H31NO14/c1-10(24)23-18(20(30)31-7)16-8-22(37-15(6)29,17(33-12(3)26)9-32-11(2)25)19(34-13(4)27)21(36-16)35-14(5)28/h16-19,21H,8-9H2,1-7H3,(H,23,24)/t16-,17+,18-,19+,21+,22-/m1/s1.